The van der Waals surface area contributed by atoms with Crippen LogP contribution in [0.2, 0.25) is 0 Å². The highest BCUT2D eigenvalue weighted by Gasteiger charge is 2.36. The van der Waals surface area contributed by atoms with Crippen molar-refractivity contribution >= 4 is 29.5 Å². The second-order valence-electron chi connectivity index (χ2n) is 9.36. The van der Waals surface area contributed by atoms with Crippen molar-refractivity contribution in [1.29, 1.82) is 0 Å². The number of aromatic nitrogens is 2. The molecule has 0 aliphatic heterocycles. The van der Waals surface area contributed by atoms with Crippen LogP contribution < -0.4 is 10.6 Å². The number of hydrogen-bond donors (Lipinski definition) is 2. The van der Waals surface area contributed by atoms with Crippen LogP contribution in [0.4, 0.5) is 4.79 Å². The monoisotopic (exact) mass is 505 g/mol. The first kappa shape index (κ1) is 28.3. The largest absolute Gasteiger partial charge is 0.445 e. The highest BCUT2D eigenvalue weighted by molar-refractivity contribution is 7.99. The lowest BCUT2D eigenvalue weighted by molar-refractivity contribution is -0.124. The van der Waals surface area contributed by atoms with Gasteiger partial charge in [0.25, 0.3) is 11.1 Å². The number of amides is 2. The molecule has 1 aromatic carbocycles. The Kier molecular flexibility index (Phi) is 10.7. The van der Waals surface area contributed by atoms with Gasteiger partial charge in [0, 0.05) is 12.3 Å². The Morgan fingerprint density at radius 3 is 2.46 bits per heavy atom. The average molecular weight is 506 g/mol. The molecule has 2 N–H and O–H groups in total. The number of nitrogens with one attached hydrogen (secondary N) is 2. The first-order valence-corrected chi connectivity index (χ1v) is 12.4. The van der Waals surface area contributed by atoms with Gasteiger partial charge in [-0.15, -0.1) is 10.2 Å². The standard InChI is InChI=1S/C24H35N5O5S/c1-16(2)14-18(25-22(32)33-15-17-10-8-7-9-11-17)20(31)26-24(3,4)19(30)21-27-28-23(34-21)35-13-12-29(5)6/h7-11,16,18H,12-15H2,1-6H3,(H,25,32)(H,26,31)/t18-/m0/s1. The van der Waals surface area contributed by atoms with Crippen LogP contribution in [0.1, 0.15) is 50.4 Å². The van der Waals surface area contributed by atoms with Gasteiger partial charge in [-0.05, 0) is 45.8 Å². The van der Waals surface area contributed by atoms with Crippen LogP contribution in [0.5, 0.6) is 0 Å². The molecule has 1 heterocycles. The molecule has 0 spiro atoms. The summed E-state index contributed by atoms with van der Waals surface area (Å²) in [5, 5.41) is 13.4. The number of thioether (sulfide) groups is 1. The number of carbonyl (C=O) groups excluding carboxylic acids is 3. The first-order valence-electron chi connectivity index (χ1n) is 11.4. The van der Waals surface area contributed by atoms with Gasteiger partial charge in [-0.1, -0.05) is 55.9 Å². The van der Waals surface area contributed by atoms with Crippen LogP contribution in [-0.2, 0) is 16.1 Å². The first-order chi connectivity index (χ1) is 16.5. The van der Waals surface area contributed by atoms with E-state index in [1.165, 1.54) is 11.8 Å². The van der Waals surface area contributed by atoms with Crippen molar-refractivity contribution in [2.75, 3.05) is 26.4 Å². The minimum atomic E-state index is -1.33. The predicted octanol–water partition coefficient (Wildman–Crippen LogP) is 3.14. The molecular formula is C24H35N5O5S. The lowest BCUT2D eigenvalue weighted by atomic mass is 9.96. The van der Waals surface area contributed by atoms with E-state index in [1.54, 1.807) is 13.8 Å². The van der Waals surface area contributed by atoms with E-state index in [4.69, 9.17) is 9.15 Å². The Bertz CT molecular complexity index is 978. The third-order valence-corrected chi connectivity index (χ3v) is 5.70. The number of hydrogen-bond acceptors (Lipinski definition) is 9. The molecule has 0 aliphatic carbocycles. The van der Waals surface area contributed by atoms with Crippen LogP contribution in [0, 0.1) is 5.92 Å². The van der Waals surface area contributed by atoms with E-state index in [2.05, 4.69) is 20.8 Å². The molecule has 192 valence electrons. The number of carbonyl (C=O) groups is 3. The zero-order valence-electron chi connectivity index (χ0n) is 21.2. The molecule has 0 saturated carbocycles. The summed E-state index contributed by atoms with van der Waals surface area (Å²) >= 11 is 1.35. The molecule has 0 aliphatic rings. The summed E-state index contributed by atoms with van der Waals surface area (Å²) in [5.41, 5.74) is -0.502. The molecule has 1 aromatic heterocycles. The average Bonchev–Trinajstić information content (AvgIpc) is 3.25. The lowest BCUT2D eigenvalue weighted by Gasteiger charge is -2.27. The Morgan fingerprint density at radius 2 is 1.83 bits per heavy atom. The maximum absolute atomic E-state index is 13.0. The molecule has 1 atom stereocenters. The summed E-state index contributed by atoms with van der Waals surface area (Å²) in [6, 6.07) is 8.35. The SMILES string of the molecule is CC(C)C[C@H](NC(=O)OCc1ccccc1)C(=O)NC(C)(C)C(=O)c1nnc(SCCN(C)C)o1. The van der Waals surface area contributed by atoms with Crippen molar-refractivity contribution in [2.45, 2.75) is 57.5 Å². The van der Waals surface area contributed by atoms with Crippen molar-refractivity contribution in [2.24, 2.45) is 5.92 Å². The Morgan fingerprint density at radius 1 is 1.14 bits per heavy atom. The van der Waals surface area contributed by atoms with Gasteiger partial charge >= 0.3 is 6.09 Å². The number of Topliss-reactive ketones (excluding diaryl/α,β-unsaturated/α-hetero) is 1. The van der Waals surface area contributed by atoms with Crippen LogP contribution in [0.3, 0.4) is 0 Å². The molecule has 2 rings (SSSR count). The molecular weight excluding hydrogens is 470 g/mol. The Hall–Kier alpha value is -2.92. The third-order valence-electron chi connectivity index (χ3n) is 4.90. The smallest absolute Gasteiger partial charge is 0.408 e. The van der Waals surface area contributed by atoms with E-state index in [0.717, 1.165) is 17.9 Å². The normalized spacial score (nSPS) is 12.5. The number of benzene rings is 1. The van der Waals surface area contributed by atoms with Gasteiger partial charge in [-0.25, -0.2) is 4.79 Å². The van der Waals surface area contributed by atoms with Crippen LogP contribution in [0.25, 0.3) is 0 Å². The van der Waals surface area contributed by atoms with E-state index in [-0.39, 0.29) is 23.6 Å². The minimum Gasteiger partial charge on any atom is -0.445 e. The molecule has 2 aromatic rings. The second kappa shape index (κ2) is 13.2. The molecule has 2 amide bonds. The van der Waals surface area contributed by atoms with Gasteiger partial charge < -0.3 is 24.7 Å². The van der Waals surface area contributed by atoms with Gasteiger partial charge in [0.2, 0.25) is 11.7 Å². The molecule has 0 fully saturated rings. The van der Waals surface area contributed by atoms with Crippen molar-refractivity contribution in [3.05, 3.63) is 41.8 Å². The molecule has 0 radical (unpaired) electrons. The zero-order valence-corrected chi connectivity index (χ0v) is 22.0. The fourth-order valence-electron chi connectivity index (χ4n) is 3.00. The van der Waals surface area contributed by atoms with E-state index >= 15 is 0 Å². The Labute approximate surface area is 210 Å². The van der Waals surface area contributed by atoms with Gasteiger partial charge in [0.05, 0.1) is 0 Å². The van der Waals surface area contributed by atoms with Crippen LogP contribution >= 0.6 is 11.8 Å². The zero-order chi connectivity index (χ0) is 26.0. The topological polar surface area (TPSA) is 127 Å². The van der Waals surface area contributed by atoms with Gasteiger partial charge in [0.1, 0.15) is 18.2 Å². The summed E-state index contributed by atoms with van der Waals surface area (Å²) in [6.07, 6.45) is -0.348. The molecule has 0 saturated heterocycles. The molecule has 35 heavy (non-hydrogen) atoms. The molecule has 0 unspecified atom stereocenters. The third kappa shape index (κ3) is 9.69. The number of ether oxygens (including phenoxy) is 1. The van der Waals surface area contributed by atoms with E-state index in [9.17, 15) is 14.4 Å². The quantitative estimate of drug-likeness (QED) is 0.312. The van der Waals surface area contributed by atoms with Crippen molar-refractivity contribution < 1.29 is 23.5 Å². The fourth-order valence-corrected chi connectivity index (χ4v) is 3.87. The van der Waals surface area contributed by atoms with Gasteiger partial charge in [-0.3, -0.25) is 9.59 Å². The van der Waals surface area contributed by atoms with E-state index < -0.39 is 29.4 Å². The van der Waals surface area contributed by atoms with Crippen molar-refractivity contribution in [3.63, 3.8) is 0 Å². The summed E-state index contributed by atoms with van der Waals surface area (Å²) < 4.78 is 10.7. The van der Waals surface area contributed by atoms with Gasteiger partial charge in [-0.2, -0.15) is 0 Å². The lowest BCUT2D eigenvalue weighted by Crippen LogP contribution is -2.56. The summed E-state index contributed by atoms with van der Waals surface area (Å²) in [4.78, 5) is 40.4. The van der Waals surface area contributed by atoms with Gasteiger partial charge in [0.15, 0.2) is 0 Å². The number of nitrogens with zero attached hydrogens (tertiary/aromatic N) is 3. The van der Waals surface area contributed by atoms with E-state index in [1.807, 2.05) is 63.2 Å². The fraction of sp³-hybridized carbons (Fsp3) is 0.542. The predicted molar refractivity (Wildman–Crippen MR) is 133 cm³/mol. The molecule has 11 heteroatoms. The second-order valence-corrected chi connectivity index (χ2v) is 10.4. The number of rotatable bonds is 13. The number of alkyl carbamates (subject to hydrolysis) is 1. The number of ketones is 1. The Balaban J connectivity index is 1.98. The summed E-state index contributed by atoms with van der Waals surface area (Å²) in [6.45, 7) is 7.87. The van der Waals surface area contributed by atoms with E-state index in [0.29, 0.717) is 6.42 Å². The van der Waals surface area contributed by atoms with Crippen molar-refractivity contribution in [3.8, 4) is 0 Å². The maximum atomic E-state index is 13.0. The minimum absolute atomic E-state index is 0.0821. The van der Waals surface area contributed by atoms with Crippen LogP contribution in [0.15, 0.2) is 40.0 Å². The summed E-state index contributed by atoms with van der Waals surface area (Å²) in [7, 11) is 3.91. The highest BCUT2D eigenvalue weighted by Crippen LogP contribution is 2.19. The molecule has 0 bridgehead atoms. The van der Waals surface area contributed by atoms with Crippen molar-refractivity contribution in [1.82, 2.24) is 25.7 Å². The summed E-state index contributed by atoms with van der Waals surface area (Å²) in [5.74, 6) is -0.372. The highest BCUT2D eigenvalue weighted by atomic mass is 32.2. The molecule has 10 nitrogen and oxygen atoms in total. The maximum Gasteiger partial charge on any atom is 0.408 e. The van der Waals surface area contributed by atoms with Crippen LogP contribution in [-0.4, -0.2) is 70.9 Å².